The van der Waals surface area contributed by atoms with E-state index in [1.807, 2.05) is 19.9 Å². The van der Waals surface area contributed by atoms with Crippen molar-refractivity contribution in [3.8, 4) is 0 Å². The zero-order valence-corrected chi connectivity index (χ0v) is 23.1. The van der Waals surface area contributed by atoms with Gasteiger partial charge in [-0.1, -0.05) is 31.6 Å². The minimum absolute atomic E-state index is 0.0296. The molecule has 4 aliphatic rings. The number of carbonyl (C=O) groups is 4. The maximum atomic E-state index is 13.8. The third-order valence-corrected chi connectivity index (χ3v) is 9.63. The monoisotopic (exact) mass is 563 g/mol. The van der Waals surface area contributed by atoms with Crippen LogP contribution in [0.3, 0.4) is 0 Å². The van der Waals surface area contributed by atoms with E-state index in [0.717, 1.165) is 5.57 Å². The number of ether oxygens (including phenoxy) is 3. The standard InChI is InChI=1S/C28H37NO11/c1-4-37-25(34)40-28(22(32)16-38-23(33)6-5-13-39-29(35)36)12-10-20-19-8-7-17-14-18(30)9-11-26(17,2)24(19)21(31)15-27(20,28)3/h7,9,11,19-21,24,31H,4-6,8,10,12-16H2,1-3H3/t19-,20-,21-,24+,26-,27-,28-/m0/s1. The molecule has 0 heterocycles. The fraction of sp³-hybridized carbons (Fsp3) is 0.714. The highest BCUT2D eigenvalue weighted by Gasteiger charge is 2.70. The Morgan fingerprint density at radius 3 is 2.67 bits per heavy atom. The van der Waals surface area contributed by atoms with Gasteiger partial charge in [-0.05, 0) is 56.9 Å². The lowest BCUT2D eigenvalue weighted by atomic mass is 9.47. The molecule has 2 saturated carbocycles. The summed E-state index contributed by atoms with van der Waals surface area (Å²) in [5.74, 6) is -1.63. The molecule has 0 aliphatic heterocycles. The number of ketones is 2. The van der Waals surface area contributed by atoms with E-state index in [-0.39, 0.29) is 62.4 Å². The fourth-order valence-corrected chi connectivity index (χ4v) is 7.89. The van der Waals surface area contributed by atoms with Crippen molar-refractivity contribution in [1.29, 1.82) is 0 Å². The summed E-state index contributed by atoms with van der Waals surface area (Å²) in [4.78, 5) is 65.2. The molecule has 0 unspecified atom stereocenters. The highest BCUT2D eigenvalue weighted by Crippen LogP contribution is 2.67. The van der Waals surface area contributed by atoms with Gasteiger partial charge in [0, 0.05) is 29.6 Å². The lowest BCUT2D eigenvalue weighted by molar-refractivity contribution is -0.757. The smallest absolute Gasteiger partial charge is 0.457 e. The average Bonchev–Trinajstić information content (AvgIpc) is 3.17. The third kappa shape index (κ3) is 5.13. The van der Waals surface area contributed by atoms with Crippen LogP contribution in [0.1, 0.15) is 65.7 Å². The molecule has 12 heteroatoms. The van der Waals surface area contributed by atoms with Gasteiger partial charge in [0.05, 0.1) is 19.3 Å². The number of esters is 1. The molecule has 0 saturated heterocycles. The zero-order valence-electron chi connectivity index (χ0n) is 23.1. The molecular formula is C28H37NO11. The van der Waals surface area contributed by atoms with Crippen LogP contribution in [0.2, 0.25) is 0 Å². The summed E-state index contributed by atoms with van der Waals surface area (Å²) in [5, 5.41) is 20.9. The first kappa shape index (κ1) is 29.7. The van der Waals surface area contributed by atoms with E-state index in [0.29, 0.717) is 19.3 Å². The number of nitrogens with zero attached hydrogens (tertiary/aromatic N) is 1. The quantitative estimate of drug-likeness (QED) is 0.136. The number of allylic oxidation sites excluding steroid dienone is 4. The molecule has 2 fully saturated rings. The molecule has 220 valence electrons. The Hall–Kier alpha value is -3.28. The van der Waals surface area contributed by atoms with Crippen molar-refractivity contribution in [3.63, 3.8) is 0 Å². The van der Waals surface area contributed by atoms with E-state index in [2.05, 4.69) is 10.9 Å². The highest BCUT2D eigenvalue weighted by molar-refractivity contribution is 5.94. The Morgan fingerprint density at radius 2 is 1.98 bits per heavy atom. The molecule has 0 aromatic rings. The van der Waals surface area contributed by atoms with Crippen LogP contribution in [0.5, 0.6) is 0 Å². The molecular weight excluding hydrogens is 526 g/mol. The van der Waals surface area contributed by atoms with Gasteiger partial charge < -0.3 is 24.2 Å². The molecule has 1 N–H and O–H groups in total. The first-order chi connectivity index (χ1) is 18.9. The van der Waals surface area contributed by atoms with Crippen molar-refractivity contribution in [2.45, 2.75) is 77.4 Å². The molecule has 0 amide bonds. The number of fused-ring (bicyclic) bond motifs is 5. The van der Waals surface area contributed by atoms with E-state index >= 15 is 0 Å². The lowest BCUT2D eigenvalue weighted by Gasteiger charge is -2.59. The predicted molar refractivity (Wildman–Crippen MR) is 137 cm³/mol. The van der Waals surface area contributed by atoms with Crippen LogP contribution < -0.4 is 0 Å². The van der Waals surface area contributed by atoms with Crippen LogP contribution in [0, 0.1) is 38.7 Å². The number of aliphatic hydroxyl groups is 1. The Kier molecular flexibility index (Phi) is 8.39. The lowest BCUT2D eigenvalue weighted by Crippen LogP contribution is -2.63. The summed E-state index contributed by atoms with van der Waals surface area (Å²) in [6.07, 6.45) is 5.38. The Balaban J connectivity index is 1.58. The topological polar surface area (TPSA) is 169 Å². The Bertz CT molecular complexity index is 1130. The maximum absolute atomic E-state index is 13.8. The molecule has 40 heavy (non-hydrogen) atoms. The van der Waals surface area contributed by atoms with E-state index in [4.69, 9.17) is 14.2 Å². The summed E-state index contributed by atoms with van der Waals surface area (Å²) in [6.45, 7) is 4.60. The van der Waals surface area contributed by atoms with Gasteiger partial charge in [-0.25, -0.2) is 4.79 Å². The van der Waals surface area contributed by atoms with Crippen LogP contribution in [0.15, 0.2) is 23.8 Å². The minimum atomic E-state index is -1.69. The van der Waals surface area contributed by atoms with E-state index < -0.39 is 52.1 Å². The third-order valence-electron chi connectivity index (χ3n) is 9.63. The van der Waals surface area contributed by atoms with Crippen molar-refractivity contribution in [3.05, 3.63) is 33.9 Å². The Morgan fingerprint density at radius 1 is 1.23 bits per heavy atom. The summed E-state index contributed by atoms with van der Waals surface area (Å²) in [7, 11) is 0. The number of hydrogen-bond donors (Lipinski definition) is 1. The normalized spacial score (nSPS) is 35.9. The van der Waals surface area contributed by atoms with E-state index in [9.17, 15) is 34.4 Å². The molecule has 4 rings (SSSR count). The molecule has 7 atom stereocenters. The number of rotatable bonds is 10. The Labute approximate surface area is 232 Å². The summed E-state index contributed by atoms with van der Waals surface area (Å²) < 4.78 is 16.0. The predicted octanol–water partition coefficient (Wildman–Crippen LogP) is 3.28. The maximum Gasteiger partial charge on any atom is 0.509 e. The second-order valence-corrected chi connectivity index (χ2v) is 11.6. The summed E-state index contributed by atoms with van der Waals surface area (Å²) in [5.41, 5.74) is -2.15. The molecule has 4 aliphatic carbocycles. The molecule has 0 spiro atoms. The van der Waals surface area contributed by atoms with Crippen LogP contribution in [0.25, 0.3) is 0 Å². The van der Waals surface area contributed by atoms with Gasteiger partial charge in [-0.2, -0.15) is 0 Å². The average molecular weight is 564 g/mol. The van der Waals surface area contributed by atoms with Gasteiger partial charge in [0.25, 0.3) is 5.09 Å². The van der Waals surface area contributed by atoms with Crippen molar-refractivity contribution >= 4 is 23.7 Å². The van der Waals surface area contributed by atoms with Crippen molar-refractivity contribution in [2.24, 2.45) is 28.6 Å². The van der Waals surface area contributed by atoms with Gasteiger partial charge in [-0.15, -0.1) is 10.1 Å². The van der Waals surface area contributed by atoms with Gasteiger partial charge >= 0.3 is 12.1 Å². The summed E-state index contributed by atoms with van der Waals surface area (Å²) >= 11 is 0. The van der Waals surface area contributed by atoms with Crippen LogP contribution >= 0.6 is 0 Å². The second-order valence-electron chi connectivity index (χ2n) is 11.6. The van der Waals surface area contributed by atoms with Crippen molar-refractivity contribution in [2.75, 3.05) is 19.8 Å². The summed E-state index contributed by atoms with van der Waals surface area (Å²) in [6, 6.07) is 0. The number of carbonyl (C=O) groups excluding carboxylic acids is 4. The first-order valence-electron chi connectivity index (χ1n) is 13.8. The van der Waals surface area contributed by atoms with E-state index in [1.54, 1.807) is 13.0 Å². The number of Topliss-reactive ketones (excluding diaryl/α,β-unsaturated/α-hetero) is 1. The molecule has 12 nitrogen and oxygen atoms in total. The first-order valence-corrected chi connectivity index (χ1v) is 13.8. The molecule has 0 aromatic heterocycles. The number of hydrogen-bond acceptors (Lipinski definition) is 11. The number of aliphatic hydroxyl groups excluding tert-OH is 1. The second kappa shape index (κ2) is 11.3. The van der Waals surface area contributed by atoms with Crippen molar-refractivity contribution < 1.29 is 48.4 Å². The van der Waals surface area contributed by atoms with Crippen LogP contribution in [-0.4, -0.2) is 65.4 Å². The minimum Gasteiger partial charge on any atom is -0.457 e. The largest absolute Gasteiger partial charge is 0.509 e. The van der Waals surface area contributed by atoms with Gasteiger partial charge in [0.1, 0.15) is 0 Å². The van der Waals surface area contributed by atoms with Gasteiger partial charge in [0.15, 0.2) is 18.0 Å². The van der Waals surface area contributed by atoms with Crippen LogP contribution in [-0.2, 0) is 33.4 Å². The molecule has 0 radical (unpaired) electrons. The molecule has 0 aromatic carbocycles. The zero-order chi connectivity index (χ0) is 29.3. The van der Waals surface area contributed by atoms with Gasteiger partial charge in [-0.3, -0.25) is 14.4 Å². The fourth-order valence-electron chi connectivity index (χ4n) is 7.89. The van der Waals surface area contributed by atoms with E-state index in [1.165, 1.54) is 0 Å². The van der Waals surface area contributed by atoms with Gasteiger partial charge in [0.2, 0.25) is 5.78 Å². The highest BCUT2D eigenvalue weighted by atomic mass is 16.9. The SMILES string of the molecule is CCOC(=O)O[C@]1(C(=O)COC(=O)CCCO[N+](=O)[O-])CC[C@H]2[C@@H]3CC=C4CC(=O)C=C[C@]4(C)[C@H]3[C@@H](O)C[C@@]21C. The van der Waals surface area contributed by atoms with Crippen LogP contribution in [0.4, 0.5) is 4.79 Å². The molecule has 0 bridgehead atoms. The van der Waals surface area contributed by atoms with Crippen molar-refractivity contribution in [1.82, 2.24) is 0 Å².